The Morgan fingerprint density at radius 1 is 1.53 bits per heavy atom. The van der Waals surface area contributed by atoms with Gasteiger partial charge in [0.2, 0.25) is 0 Å². The molecule has 0 spiro atoms. The number of nitrogens with zero attached hydrogens (tertiary/aromatic N) is 4. The molecule has 15 heavy (non-hydrogen) atoms. The highest BCUT2D eigenvalue weighted by Gasteiger charge is 2.17. The zero-order valence-corrected chi connectivity index (χ0v) is 9.69. The van der Waals surface area contributed by atoms with Gasteiger partial charge < -0.3 is 5.32 Å². The van der Waals surface area contributed by atoms with Gasteiger partial charge in [-0.05, 0) is 30.3 Å². The van der Waals surface area contributed by atoms with E-state index in [1.54, 1.807) is 0 Å². The molecule has 0 aromatic heterocycles. The van der Waals surface area contributed by atoms with Gasteiger partial charge in [0.15, 0.2) is 0 Å². The molecule has 0 aromatic rings. The molecule has 0 aliphatic rings. The molecule has 0 saturated carbocycles. The fourth-order valence-corrected chi connectivity index (χ4v) is 1.25. The van der Waals surface area contributed by atoms with Crippen molar-refractivity contribution in [3.63, 3.8) is 0 Å². The maximum atomic E-state index is 8.90. The van der Waals surface area contributed by atoms with Crippen molar-refractivity contribution in [3.05, 3.63) is 10.4 Å². The molecule has 0 aliphatic carbocycles. The lowest BCUT2D eigenvalue weighted by Gasteiger charge is -2.22. The van der Waals surface area contributed by atoms with E-state index >= 15 is 0 Å². The molecule has 0 aromatic carbocycles. The lowest BCUT2D eigenvalue weighted by Crippen LogP contribution is -2.32. The number of rotatable bonds is 6. The standard InChI is InChI=1S/C10H19N5/c1-10(2,3)7-9(8-11)13-5-4-6-14-15-12/h9,13H,4-7H2,1-3H3. The third kappa shape index (κ3) is 9.07. The van der Waals surface area contributed by atoms with E-state index in [1.807, 2.05) is 0 Å². The quantitative estimate of drug-likeness (QED) is 0.315. The molecule has 0 amide bonds. The summed E-state index contributed by atoms with van der Waals surface area (Å²) in [4.78, 5) is 2.66. The summed E-state index contributed by atoms with van der Waals surface area (Å²) < 4.78 is 0. The first-order valence-corrected chi connectivity index (χ1v) is 5.13. The van der Waals surface area contributed by atoms with Crippen molar-refractivity contribution in [3.8, 4) is 6.07 Å². The van der Waals surface area contributed by atoms with Crippen molar-refractivity contribution in [1.29, 1.82) is 5.26 Å². The maximum absolute atomic E-state index is 8.90. The first-order valence-electron chi connectivity index (χ1n) is 5.13. The van der Waals surface area contributed by atoms with E-state index in [2.05, 4.69) is 42.2 Å². The zero-order chi connectivity index (χ0) is 11.7. The van der Waals surface area contributed by atoms with Gasteiger partial charge in [0, 0.05) is 11.5 Å². The summed E-state index contributed by atoms with van der Waals surface area (Å²) in [5.41, 5.74) is 8.21. The van der Waals surface area contributed by atoms with Crippen LogP contribution in [0.5, 0.6) is 0 Å². The molecule has 0 saturated heterocycles. The van der Waals surface area contributed by atoms with E-state index in [9.17, 15) is 0 Å². The molecule has 0 aliphatic heterocycles. The molecule has 0 bridgehead atoms. The second kappa shape index (κ2) is 7.10. The Labute approximate surface area is 91.1 Å². The molecule has 84 valence electrons. The number of hydrogen-bond acceptors (Lipinski definition) is 3. The molecule has 5 nitrogen and oxygen atoms in total. The zero-order valence-electron chi connectivity index (χ0n) is 9.69. The molecule has 1 unspecified atom stereocenters. The average Bonchev–Trinajstić information content (AvgIpc) is 2.14. The van der Waals surface area contributed by atoms with Crippen LogP contribution in [0.1, 0.15) is 33.6 Å². The maximum Gasteiger partial charge on any atom is 0.0958 e. The topological polar surface area (TPSA) is 84.6 Å². The fourth-order valence-electron chi connectivity index (χ4n) is 1.25. The molecular formula is C10H19N5. The van der Waals surface area contributed by atoms with E-state index in [0.29, 0.717) is 13.1 Å². The number of nitrogens with one attached hydrogen (secondary N) is 1. The van der Waals surface area contributed by atoms with Crippen molar-refractivity contribution in [2.45, 2.75) is 39.7 Å². The Bertz CT molecular complexity index is 254. The van der Waals surface area contributed by atoms with Crippen LogP contribution in [-0.2, 0) is 0 Å². The minimum absolute atomic E-state index is 0.115. The van der Waals surface area contributed by atoms with Gasteiger partial charge in [0.05, 0.1) is 12.1 Å². The van der Waals surface area contributed by atoms with Gasteiger partial charge in [-0.2, -0.15) is 5.26 Å². The van der Waals surface area contributed by atoms with Gasteiger partial charge in [-0.15, -0.1) is 0 Å². The molecule has 1 N–H and O–H groups in total. The van der Waals surface area contributed by atoms with E-state index in [0.717, 1.165) is 12.8 Å². The monoisotopic (exact) mass is 209 g/mol. The van der Waals surface area contributed by atoms with Gasteiger partial charge in [-0.1, -0.05) is 25.9 Å². The summed E-state index contributed by atoms with van der Waals surface area (Å²) in [5.74, 6) is 0. The third-order valence-electron chi connectivity index (χ3n) is 1.86. The van der Waals surface area contributed by atoms with Crippen LogP contribution >= 0.6 is 0 Å². The van der Waals surface area contributed by atoms with Crippen LogP contribution < -0.4 is 5.32 Å². The molecular weight excluding hydrogens is 190 g/mol. The number of azide groups is 1. The summed E-state index contributed by atoms with van der Waals surface area (Å²) in [6.07, 6.45) is 1.59. The van der Waals surface area contributed by atoms with Crippen molar-refractivity contribution in [1.82, 2.24) is 5.32 Å². The van der Waals surface area contributed by atoms with Crippen LogP contribution in [-0.4, -0.2) is 19.1 Å². The van der Waals surface area contributed by atoms with Gasteiger partial charge >= 0.3 is 0 Å². The molecule has 0 heterocycles. The van der Waals surface area contributed by atoms with Crippen LogP contribution in [0.25, 0.3) is 10.4 Å². The molecule has 0 rings (SSSR count). The Kier molecular flexibility index (Phi) is 6.52. The molecule has 1 atom stereocenters. The Balaban J connectivity index is 3.73. The van der Waals surface area contributed by atoms with Crippen molar-refractivity contribution >= 4 is 0 Å². The van der Waals surface area contributed by atoms with Crippen LogP contribution in [0.3, 0.4) is 0 Å². The highest BCUT2D eigenvalue weighted by atomic mass is 15.1. The van der Waals surface area contributed by atoms with Gasteiger partial charge in [-0.25, -0.2) is 0 Å². The summed E-state index contributed by atoms with van der Waals surface area (Å²) in [5, 5.41) is 15.5. The van der Waals surface area contributed by atoms with Crippen LogP contribution in [0.4, 0.5) is 0 Å². The Hall–Kier alpha value is -1.24. The van der Waals surface area contributed by atoms with Gasteiger partial charge in [-0.3, -0.25) is 0 Å². The van der Waals surface area contributed by atoms with E-state index in [4.69, 9.17) is 10.8 Å². The smallest absolute Gasteiger partial charge is 0.0958 e. The van der Waals surface area contributed by atoms with Crippen LogP contribution in [0, 0.1) is 16.7 Å². The van der Waals surface area contributed by atoms with Crippen molar-refractivity contribution < 1.29 is 0 Å². The normalized spacial score (nSPS) is 12.7. The average molecular weight is 209 g/mol. The third-order valence-corrected chi connectivity index (χ3v) is 1.86. The van der Waals surface area contributed by atoms with Crippen molar-refractivity contribution in [2.24, 2.45) is 10.5 Å². The Morgan fingerprint density at radius 3 is 2.67 bits per heavy atom. The molecule has 0 radical (unpaired) electrons. The van der Waals surface area contributed by atoms with Crippen molar-refractivity contribution in [2.75, 3.05) is 13.1 Å². The lowest BCUT2D eigenvalue weighted by molar-refractivity contribution is 0.338. The molecule has 5 heteroatoms. The fraction of sp³-hybridized carbons (Fsp3) is 0.900. The summed E-state index contributed by atoms with van der Waals surface area (Å²) in [6.45, 7) is 7.53. The van der Waals surface area contributed by atoms with Gasteiger partial charge in [0.1, 0.15) is 0 Å². The highest BCUT2D eigenvalue weighted by Crippen LogP contribution is 2.20. The number of nitriles is 1. The minimum Gasteiger partial charge on any atom is -0.302 e. The van der Waals surface area contributed by atoms with E-state index in [-0.39, 0.29) is 11.5 Å². The Morgan fingerprint density at radius 2 is 2.20 bits per heavy atom. The first-order chi connectivity index (χ1) is 6.99. The minimum atomic E-state index is -0.115. The number of hydrogen-bond donors (Lipinski definition) is 1. The summed E-state index contributed by atoms with van der Waals surface area (Å²) >= 11 is 0. The van der Waals surface area contributed by atoms with E-state index in [1.165, 1.54) is 0 Å². The summed E-state index contributed by atoms with van der Waals surface area (Å²) in [6, 6.07) is 2.12. The highest BCUT2D eigenvalue weighted by molar-refractivity contribution is 4.92. The second-order valence-electron chi connectivity index (χ2n) is 4.71. The molecule has 0 fully saturated rings. The van der Waals surface area contributed by atoms with Crippen LogP contribution in [0.2, 0.25) is 0 Å². The largest absolute Gasteiger partial charge is 0.302 e. The SMILES string of the molecule is CC(C)(C)CC(C#N)NCCCN=[N+]=[N-]. The lowest BCUT2D eigenvalue weighted by atomic mass is 9.88. The van der Waals surface area contributed by atoms with Gasteiger partial charge in [0.25, 0.3) is 0 Å². The summed E-state index contributed by atoms with van der Waals surface area (Å²) in [7, 11) is 0. The predicted octanol–water partition coefficient (Wildman–Crippen LogP) is 2.60. The second-order valence-corrected chi connectivity index (χ2v) is 4.71. The van der Waals surface area contributed by atoms with Crippen LogP contribution in [0.15, 0.2) is 5.11 Å². The predicted molar refractivity (Wildman–Crippen MR) is 60.1 cm³/mol. The first kappa shape index (κ1) is 13.8. The van der Waals surface area contributed by atoms with E-state index < -0.39 is 0 Å².